The van der Waals surface area contributed by atoms with Crippen LogP contribution in [0.2, 0.25) is 0 Å². The van der Waals surface area contributed by atoms with Crippen molar-refractivity contribution in [2.45, 2.75) is 18.3 Å². The van der Waals surface area contributed by atoms with Crippen molar-refractivity contribution < 1.29 is 28.8 Å². The second kappa shape index (κ2) is 3.49. The quantitative estimate of drug-likeness (QED) is 0.428. The van der Waals surface area contributed by atoms with Crippen molar-refractivity contribution in [3.8, 4) is 0 Å². The summed E-state index contributed by atoms with van der Waals surface area (Å²) in [7, 11) is 0. The molecule has 62 valence electrons. The molecule has 1 heterocycles. The maximum atomic E-state index is 10.7. The molecule has 5 heteroatoms. The molecular weight excluding hydrogens is 163 g/mol. The molecule has 0 spiro atoms. The van der Waals surface area contributed by atoms with Gasteiger partial charge in [-0.05, 0) is 18.9 Å². The number of carbonyl (C=O) groups is 1. The van der Waals surface area contributed by atoms with Crippen molar-refractivity contribution in [3.05, 3.63) is 24.3 Å². The van der Waals surface area contributed by atoms with E-state index in [0.29, 0.717) is 18.7 Å². The van der Waals surface area contributed by atoms with Crippen LogP contribution in [0.3, 0.4) is 0 Å². The molecule has 0 radical (unpaired) electrons. The Hall–Kier alpha value is -0.853. The second-order valence-corrected chi connectivity index (χ2v) is 2.94. The van der Waals surface area contributed by atoms with E-state index >= 15 is 0 Å². The summed E-state index contributed by atoms with van der Waals surface area (Å²) >= 11 is 0. The van der Waals surface area contributed by atoms with E-state index in [2.05, 4.69) is 9.97 Å². The molecule has 1 aliphatic carbocycles. The van der Waals surface area contributed by atoms with Crippen LogP contribution in [0.15, 0.2) is 18.5 Å². The number of nitrogens with zero attached hydrogens (tertiary/aromatic N) is 2. The van der Waals surface area contributed by atoms with E-state index in [-0.39, 0.29) is 18.9 Å². The van der Waals surface area contributed by atoms with Gasteiger partial charge in [0.2, 0.25) is 0 Å². The van der Waals surface area contributed by atoms with Crippen molar-refractivity contribution in [2.75, 3.05) is 0 Å². The van der Waals surface area contributed by atoms with E-state index in [1.807, 2.05) is 0 Å². The van der Waals surface area contributed by atoms with Crippen LogP contribution in [-0.2, 0) is 10.2 Å². The maximum Gasteiger partial charge on any atom is 1.00 e. The Kier molecular flexibility index (Phi) is 2.74. The normalized spacial score (nSPS) is 17.2. The monoisotopic (exact) mass is 170 g/mol. The van der Waals surface area contributed by atoms with E-state index in [4.69, 9.17) is 0 Å². The zero-order chi connectivity index (χ0) is 8.60. The molecule has 0 aliphatic heterocycles. The third-order valence-corrected chi connectivity index (χ3v) is 2.13. The first-order valence-electron chi connectivity index (χ1n) is 3.75. The third kappa shape index (κ3) is 1.60. The van der Waals surface area contributed by atoms with Gasteiger partial charge in [0, 0.05) is 12.4 Å². The Balaban J connectivity index is 0.000000845. The Morgan fingerprint density at radius 3 is 2.31 bits per heavy atom. The molecule has 0 saturated heterocycles. The zero-order valence-electron chi connectivity index (χ0n) is 7.36. The van der Waals surface area contributed by atoms with Gasteiger partial charge in [0.1, 0.15) is 5.82 Å². The van der Waals surface area contributed by atoms with E-state index < -0.39 is 11.4 Å². The van der Waals surface area contributed by atoms with Crippen LogP contribution in [0.4, 0.5) is 0 Å². The summed E-state index contributed by atoms with van der Waals surface area (Å²) < 4.78 is 0. The Labute approximate surface area is 87.6 Å². The summed E-state index contributed by atoms with van der Waals surface area (Å²) in [6.45, 7) is 0. The van der Waals surface area contributed by atoms with Gasteiger partial charge in [0.15, 0.2) is 0 Å². The Bertz CT molecular complexity index is 311. The van der Waals surface area contributed by atoms with Gasteiger partial charge in [-0.3, -0.25) is 0 Å². The molecule has 1 fully saturated rings. The topological polar surface area (TPSA) is 65.9 Å². The fourth-order valence-corrected chi connectivity index (χ4v) is 1.19. The van der Waals surface area contributed by atoms with Gasteiger partial charge in [0.05, 0.1) is 11.4 Å². The van der Waals surface area contributed by atoms with Gasteiger partial charge < -0.3 is 9.90 Å². The van der Waals surface area contributed by atoms with Crippen molar-refractivity contribution >= 4 is 5.97 Å². The van der Waals surface area contributed by atoms with Crippen molar-refractivity contribution in [1.82, 2.24) is 9.97 Å². The van der Waals surface area contributed by atoms with E-state index in [9.17, 15) is 9.90 Å². The van der Waals surface area contributed by atoms with Crippen molar-refractivity contribution in [3.63, 3.8) is 0 Å². The third-order valence-electron chi connectivity index (χ3n) is 2.13. The molecule has 1 saturated carbocycles. The minimum Gasteiger partial charge on any atom is -0.549 e. The smallest absolute Gasteiger partial charge is 0.549 e. The molecular formula is C8H7LiN2O2. The molecule has 0 unspecified atom stereocenters. The number of hydrogen-bond donors (Lipinski definition) is 0. The van der Waals surface area contributed by atoms with Crippen LogP contribution in [0.1, 0.15) is 18.7 Å². The number of rotatable bonds is 2. The van der Waals surface area contributed by atoms with Crippen molar-refractivity contribution in [1.29, 1.82) is 0 Å². The second-order valence-electron chi connectivity index (χ2n) is 2.94. The summed E-state index contributed by atoms with van der Waals surface area (Å²) in [4.78, 5) is 18.5. The standard InChI is InChI=1S/C8H8N2O2.Li/c11-7(12)8(2-3-8)6-9-4-1-5-10-6;/h1,4-5H,2-3H2,(H,11,12);/q;+1/p-1. The molecule has 0 aromatic carbocycles. The van der Waals surface area contributed by atoms with Crippen molar-refractivity contribution in [2.24, 2.45) is 0 Å². The first kappa shape index (κ1) is 10.2. The molecule has 0 N–H and O–H groups in total. The van der Waals surface area contributed by atoms with Gasteiger partial charge in [-0.1, -0.05) is 0 Å². The first-order valence-corrected chi connectivity index (χ1v) is 3.75. The summed E-state index contributed by atoms with van der Waals surface area (Å²) in [5.74, 6) is -0.682. The average Bonchev–Trinajstić information content (AvgIpc) is 2.86. The summed E-state index contributed by atoms with van der Waals surface area (Å²) in [6, 6.07) is 1.66. The molecule has 1 aliphatic rings. The van der Waals surface area contributed by atoms with Gasteiger partial charge in [-0.25, -0.2) is 9.97 Å². The van der Waals surface area contributed by atoms with E-state index in [1.54, 1.807) is 18.5 Å². The van der Waals surface area contributed by atoms with Crippen LogP contribution in [0.25, 0.3) is 0 Å². The fraction of sp³-hybridized carbons (Fsp3) is 0.375. The van der Waals surface area contributed by atoms with Gasteiger partial charge in [0.25, 0.3) is 0 Å². The number of carboxylic acids is 1. The molecule has 13 heavy (non-hydrogen) atoms. The molecule has 1 aromatic rings. The van der Waals surface area contributed by atoms with Crippen LogP contribution < -0.4 is 24.0 Å². The molecule has 0 amide bonds. The van der Waals surface area contributed by atoms with Crippen LogP contribution in [-0.4, -0.2) is 15.9 Å². The van der Waals surface area contributed by atoms with E-state index in [0.717, 1.165) is 0 Å². The number of aromatic nitrogens is 2. The number of hydrogen-bond acceptors (Lipinski definition) is 4. The fourth-order valence-electron chi connectivity index (χ4n) is 1.19. The van der Waals surface area contributed by atoms with Crippen LogP contribution in [0, 0.1) is 0 Å². The molecule has 0 atom stereocenters. The first-order chi connectivity index (χ1) is 5.76. The SMILES string of the molecule is O=C([O-])C1(c2ncccn2)CC1.[Li+]. The van der Waals surface area contributed by atoms with Crippen LogP contribution >= 0.6 is 0 Å². The number of aliphatic carboxylic acids is 1. The average molecular weight is 170 g/mol. The Morgan fingerprint density at radius 2 is 1.92 bits per heavy atom. The maximum absolute atomic E-state index is 10.7. The zero-order valence-corrected chi connectivity index (χ0v) is 7.36. The predicted octanol–water partition coefficient (Wildman–Crippen LogP) is -3.74. The van der Waals surface area contributed by atoms with E-state index in [1.165, 1.54) is 0 Å². The summed E-state index contributed by atoms with van der Waals surface area (Å²) in [5, 5.41) is 10.7. The minimum atomic E-state index is -1.06. The van der Waals surface area contributed by atoms with Gasteiger partial charge in [-0.15, -0.1) is 0 Å². The summed E-state index contributed by atoms with van der Waals surface area (Å²) in [5.41, 5.74) is -0.874. The van der Waals surface area contributed by atoms with Gasteiger partial charge >= 0.3 is 18.9 Å². The molecule has 4 nitrogen and oxygen atoms in total. The number of carbonyl (C=O) groups excluding carboxylic acids is 1. The largest absolute Gasteiger partial charge is 1.00 e. The van der Waals surface area contributed by atoms with Gasteiger partial charge in [-0.2, -0.15) is 0 Å². The minimum absolute atomic E-state index is 0. The number of carboxylic acid groups (broad SMARTS) is 1. The Morgan fingerprint density at radius 1 is 1.38 bits per heavy atom. The molecule has 1 aromatic heterocycles. The van der Waals surface area contributed by atoms with Crippen LogP contribution in [0.5, 0.6) is 0 Å². The summed E-state index contributed by atoms with van der Waals surface area (Å²) in [6.07, 6.45) is 4.29. The molecule has 0 bridgehead atoms. The molecule has 2 rings (SSSR count). The predicted molar refractivity (Wildman–Crippen MR) is 38.0 cm³/mol.